The van der Waals surface area contributed by atoms with E-state index in [1.54, 1.807) is 6.92 Å². The molecule has 16 heavy (non-hydrogen) atoms. The van der Waals surface area contributed by atoms with Crippen LogP contribution in [0.2, 0.25) is 0 Å². The number of alkyl halides is 1. The second kappa shape index (κ2) is 3.72. The van der Waals surface area contributed by atoms with Gasteiger partial charge in [-0.25, -0.2) is 4.79 Å². The highest BCUT2D eigenvalue weighted by atomic mass is 79.9. The third-order valence-electron chi connectivity index (χ3n) is 2.74. The average molecular weight is 306 g/mol. The molecule has 3 nitrogen and oxygen atoms in total. The number of esters is 1. The molecule has 1 saturated heterocycles. The van der Waals surface area contributed by atoms with Crippen LogP contribution in [0.1, 0.15) is 12.5 Å². The van der Waals surface area contributed by atoms with Crippen molar-refractivity contribution in [3.05, 3.63) is 34.3 Å². The monoisotopic (exact) mass is 304 g/mol. The van der Waals surface area contributed by atoms with E-state index in [4.69, 9.17) is 16.3 Å². The lowest BCUT2D eigenvalue weighted by Crippen LogP contribution is -2.26. The second-order valence-corrected chi connectivity index (χ2v) is 5.18. The number of halogens is 2. The molecule has 1 aromatic rings. The van der Waals surface area contributed by atoms with Gasteiger partial charge in [0.05, 0.1) is 7.11 Å². The van der Waals surface area contributed by atoms with Crippen LogP contribution in [0.25, 0.3) is 0 Å². The molecule has 0 saturated carbocycles. The maximum absolute atomic E-state index is 11.5. The van der Waals surface area contributed by atoms with Crippen molar-refractivity contribution in [2.24, 2.45) is 0 Å². The highest BCUT2D eigenvalue weighted by Gasteiger charge is 2.73. The minimum Gasteiger partial charge on any atom is -0.466 e. The number of epoxide rings is 1. The molecule has 0 radical (unpaired) electrons. The quantitative estimate of drug-likeness (QED) is 0.479. The summed E-state index contributed by atoms with van der Waals surface area (Å²) in [5, 5.41) is -1.40. The van der Waals surface area contributed by atoms with E-state index in [2.05, 4.69) is 20.7 Å². The minimum atomic E-state index is -1.40. The zero-order valence-electron chi connectivity index (χ0n) is 8.79. The summed E-state index contributed by atoms with van der Waals surface area (Å²) in [5.74, 6) is -0.573. The molecule has 1 aliphatic heterocycles. The smallest absolute Gasteiger partial charge is 0.357 e. The molecule has 1 aliphatic rings. The Morgan fingerprint density at radius 3 is 2.81 bits per heavy atom. The first-order chi connectivity index (χ1) is 7.44. The highest BCUT2D eigenvalue weighted by Crippen LogP contribution is 2.59. The molecule has 0 amide bonds. The van der Waals surface area contributed by atoms with Gasteiger partial charge in [-0.1, -0.05) is 39.7 Å². The van der Waals surface area contributed by atoms with Crippen LogP contribution in [-0.4, -0.2) is 18.1 Å². The van der Waals surface area contributed by atoms with E-state index in [1.807, 2.05) is 24.3 Å². The van der Waals surface area contributed by atoms with Crippen molar-refractivity contribution in [2.75, 3.05) is 7.11 Å². The number of methoxy groups -OCH3 is 1. The van der Waals surface area contributed by atoms with E-state index in [-0.39, 0.29) is 0 Å². The number of benzene rings is 1. The maximum Gasteiger partial charge on any atom is 0.357 e. The summed E-state index contributed by atoms with van der Waals surface area (Å²) in [4.78, 5) is 11.5. The van der Waals surface area contributed by atoms with Gasteiger partial charge in [0, 0.05) is 4.47 Å². The molecule has 0 spiro atoms. The van der Waals surface area contributed by atoms with Gasteiger partial charge < -0.3 is 9.47 Å². The Hall–Kier alpha value is -0.580. The molecule has 1 heterocycles. The predicted molar refractivity (Wildman–Crippen MR) is 63.2 cm³/mol. The van der Waals surface area contributed by atoms with Crippen molar-refractivity contribution < 1.29 is 14.3 Å². The summed E-state index contributed by atoms with van der Waals surface area (Å²) in [7, 11) is 1.29. The van der Waals surface area contributed by atoms with Crippen LogP contribution in [0.5, 0.6) is 0 Å². The number of hydrogen-bond acceptors (Lipinski definition) is 3. The van der Waals surface area contributed by atoms with E-state index >= 15 is 0 Å². The second-order valence-electron chi connectivity index (χ2n) is 3.73. The van der Waals surface area contributed by atoms with E-state index in [9.17, 15) is 4.79 Å². The van der Waals surface area contributed by atoms with Gasteiger partial charge in [-0.15, -0.1) is 0 Å². The SMILES string of the molecule is COC(=O)C1(Cl)OC1(C)c1cccc(Br)c1. The number of rotatable bonds is 2. The van der Waals surface area contributed by atoms with Crippen molar-refractivity contribution in [1.82, 2.24) is 0 Å². The first-order valence-electron chi connectivity index (χ1n) is 4.67. The van der Waals surface area contributed by atoms with Gasteiger partial charge in [-0.05, 0) is 24.6 Å². The van der Waals surface area contributed by atoms with Crippen molar-refractivity contribution >= 4 is 33.5 Å². The summed E-state index contributed by atoms with van der Waals surface area (Å²) in [6.45, 7) is 1.76. The molecule has 0 bridgehead atoms. The van der Waals surface area contributed by atoms with Crippen molar-refractivity contribution in [1.29, 1.82) is 0 Å². The van der Waals surface area contributed by atoms with E-state index < -0.39 is 16.6 Å². The summed E-state index contributed by atoms with van der Waals surface area (Å²) in [5.41, 5.74) is 0.00749. The van der Waals surface area contributed by atoms with Crippen LogP contribution in [-0.2, 0) is 19.9 Å². The van der Waals surface area contributed by atoms with Gasteiger partial charge in [-0.2, -0.15) is 0 Å². The maximum atomic E-state index is 11.5. The standard InChI is InChI=1S/C11H10BrClO3/c1-10(7-4-3-5-8(12)6-7)11(13,16-10)9(14)15-2/h3-6H,1-2H3. The van der Waals surface area contributed by atoms with Crippen LogP contribution in [0, 0.1) is 0 Å². The molecular formula is C11H10BrClO3. The number of hydrogen-bond donors (Lipinski definition) is 0. The molecular weight excluding hydrogens is 295 g/mol. The predicted octanol–water partition coefficient (Wildman–Crippen LogP) is 2.80. The van der Waals surface area contributed by atoms with E-state index in [0.29, 0.717) is 0 Å². The normalized spacial score (nSPS) is 32.2. The van der Waals surface area contributed by atoms with Gasteiger partial charge in [-0.3, -0.25) is 0 Å². The highest BCUT2D eigenvalue weighted by molar-refractivity contribution is 9.10. The minimum absolute atomic E-state index is 0.573. The van der Waals surface area contributed by atoms with Crippen LogP contribution < -0.4 is 0 Å². The Labute approximate surface area is 107 Å². The van der Waals surface area contributed by atoms with Crippen LogP contribution in [0.15, 0.2) is 28.7 Å². The van der Waals surface area contributed by atoms with Gasteiger partial charge in [0.1, 0.15) is 5.60 Å². The van der Waals surface area contributed by atoms with Crippen LogP contribution in [0.3, 0.4) is 0 Å². The molecule has 0 aromatic heterocycles. The number of carbonyl (C=O) groups is 1. The van der Waals surface area contributed by atoms with Gasteiger partial charge >= 0.3 is 5.97 Å². The number of ether oxygens (including phenoxy) is 2. The van der Waals surface area contributed by atoms with Crippen molar-refractivity contribution in [3.63, 3.8) is 0 Å². The van der Waals surface area contributed by atoms with E-state index in [0.717, 1.165) is 10.0 Å². The Kier molecular flexibility index (Phi) is 2.77. The zero-order chi connectivity index (χ0) is 12.0. The lowest BCUT2D eigenvalue weighted by molar-refractivity contribution is -0.143. The van der Waals surface area contributed by atoms with Crippen molar-refractivity contribution in [3.8, 4) is 0 Å². The lowest BCUT2D eigenvalue weighted by Gasteiger charge is -2.09. The van der Waals surface area contributed by atoms with Gasteiger partial charge in [0.15, 0.2) is 0 Å². The summed E-state index contributed by atoms with van der Waals surface area (Å²) in [6.07, 6.45) is 0. The first-order valence-corrected chi connectivity index (χ1v) is 5.85. The Bertz CT molecular complexity index is 451. The third kappa shape index (κ3) is 1.56. The molecule has 1 aromatic carbocycles. The van der Waals surface area contributed by atoms with E-state index in [1.165, 1.54) is 7.11 Å². The molecule has 0 N–H and O–H groups in total. The van der Waals surface area contributed by atoms with Crippen LogP contribution >= 0.6 is 27.5 Å². The Morgan fingerprint density at radius 2 is 2.25 bits per heavy atom. The molecule has 2 unspecified atom stereocenters. The Morgan fingerprint density at radius 1 is 1.56 bits per heavy atom. The average Bonchev–Trinajstić information content (AvgIpc) is 2.84. The largest absolute Gasteiger partial charge is 0.466 e. The fraction of sp³-hybridized carbons (Fsp3) is 0.364. The zero-order valence-corrected chi connectivity index (χ0v) is 11.1. The van der Waals surface area contributed by atoms with Gasteiger partial charge in [0.25, 0.3) is 5.06 Å². The fourth-order valence-electron chi connectivity index (χ4n) is 1.65. The number of carbonyl (C=O) groups excluding carboxylic acids is 1. The third-order valence-corrected chi connectivity index (χ3v) is 3.83. The van der Waals surface area contributed by atoms with Crippen LogP contribution in [0.4, 0.5) is 0 Å². The lowest BCUT2D eigenvalue weighted by atomic mass is 9.97. The topological polar surface area (TPSA) is 38.8 Å². The first kappa shape index (κ1) is 11.9. The molecule has 86 valence electrons. The molecule has 2 atom stereocenters. The molecule has 1 fully saturated rings. The fourth-order valence-corrected chi connectivity index (χ4v) is 2.39. The molecule has 2 rings (SSSR count). The summed E-state index contributed by atoms with van der Waals surface area (Å²) < 4.78 is 10.9. The van der Waals surface area contributed by atoms with Gasteiger partial charge in [0.2, 0.25) is 0 Å². The molecule has 5 heteroatoms. The Balaban J connectivity index is 2.34. The summed E-state index contributed by atoms with van der Waals surface area (Å²) in [6, 6.07) is 7.48. The molecule has 0 aliphatic carbocycles. The summed E-state index contributed by atoms with van der Waals surface area (Å²) >= 11 is 9.44. The van der Waals surface area contributed by atoms with Crippen molar-refractivity contribution in [2.45, 2.75) is 17.6 Å².